The number of carbonyl (C=O) groups is 2. The van der Waals surface area contributed by atoms with E-state index in [1.165, 1.54) is 0 Å². The number of rotatable bonds is 5. The van der Waals surface area contributed by atoms with Crippen molar-refractivity contribution in [3.63, 3.8) is 0 Å². The van der Waals surface area contributed by atoms with E-state index in [1.807, 2.05) is 41.7 Å². The number of pyridine rings is 1. The molecule has 0 saturated carbocycles. The third-order valence-electron chi connectivity index (χ3n) is 5.04. The Morgan fingerprint density at radius 3 is 2.38 bits per heavy atom. The van der Waals surface area contributed by atoms with Crippen LogP contribution in [0, 0.1) is 6.92 Å². The lowest BCUT2D eigenvalue weighted by atomic mass is 10.1. The summed E-state index contributed by atoms with van der Waals surface area (Å²) in [4.78, 5) is 26.0. The van der Waals surface area contributed by atoms with Crippen LogP contribution in [0.15, 0.2) is 60.7 Å². The summed E-state index contributed by atoms with van der Waals surface area (Å²) in [5.41, 5.74) is 3.89. The summed E-state index contributed by atoms with van der Waals surface area (Å²) < 4.78 is 12.3. The van der Waals surface area contributed by atoms with Crippen molar-refractivity contribution in [3.05, 3.63) is 83.0 Å². The van der Waals surface area contributed by atoms with E-state index in [2.05, 4.69) is 0 Å². The lowest BCUT2D eigenvalue weighted by Gasteiger charge is -2.10. The predicted octanol–water partition coefficient (Wildman–Crippen LogP) is 4.82. The zero-order valence-electron chi connectivity index (χ0n) is 16.6. The summed E-state index contributed by atoms with van der Waals surface area (Å²) in [6, 6.07) is 18.3. The minimum atomic E-state index is -0.437. The van der Waals surface area contributed by atoms with E-state index >= 15 is 0 Å². The number of ketones is 1. The van der Waals surface area contributed by atoms with E-state index in [-0.39, 0.29) is 12.4 Å². The predicted molar refractivity (Wildman–Crippen MR) is 112 cm³/mol. The van der Waals surface area contributed by atoms with Gasteiger partial charge in [0.05, 0.1) is 36.0 Å². The molecule has 146 valence electrons. The number of methoxy groups -OCH3 is 1. The topological polar surface area (TPSA) is 57.0 Å². The molecule has 2 aromatic carbocycles. The highest BCUT2D eigenvalue weighted by Crippen LogP contribution is 2.29. The van der Waals surface area contributed by atoms with Gasteiger partial charge in [-0.25, -0.2) is 4.79 Å². The largest absolute Gasteiger partial charge is 0.497 e. The number of benzene rings is 2. The first-order valence-corrected chi connectivity index (χ1v) is 9.44. The second kappa shape index (κ2) is 7.43. The first kappa shape index (κ1) is 18.7. The summed E-state index contributed by atoms with van der Waals surface area (Å²) in [6.07, 6.45) is 0. The summed E-state index contributed by atoms with van der Waals surface area (Å²) in [7, 11) is 1.58. The Morgan fingerprint density at radius 2 is 1.69 bits per heavy atom. The van der Waals surface area contributed by atoms with Gasteiger partial charge in [0.25, 0.3) is 0 Å². The van der Waals surface area contributed by atoms with Gasteiger partial charge >= 0.3 is 5.97 Å². The zero-order chi connectivity index (χ0) is 20.5. The second-order valence-corrected chi connectivity index (χ2v) is 6.79. The average molecular weight is 387 g/mol. The monoisotopic (exact) mass is 387 g/mol. The van der Waals surface area contributed by atoms with Gasteiger partial charge in [0.2, 0.25) is 5.78 Å². The summed E-state index contributed by atoms with van der Waals surface area (Å²) in [5, 5.41) is 1.02. The third-order valence-corrected chi connectivity index (χ3v) is 5.04. The molecule has 0 aliphatic heterocycles. The molecule has 5 heteroatoms. The number of esters is 1. The number of hydrogen-bond donors (Lipinski definition) is 0. The fourth-order valence-electron chi connectivity index (χ4n) is 3.64. The highest BCUT2D eigenvalue weighted by Gasteiger charge is 2.23. The number of fused-ring (bicyclic) bond motifs is 3. The molecule has 0 amide bonds. The van der Waals surface area contributed by atoms with Crippen LogP contribution in [-0.2, 0) is 4.74 Å². The molecule has 0 spiro atoms. The van der Waals surface area contributed by atoms with Crippen molar-refractivity contribution in [2.24, 2.45) is 0 Å². The Hall–Kier alpha value is -3.60. The number of nitrogens with zero attached hydrogens (tertiary/aromatic N) is 1. The van der Waals surface area contributed by atoms with Gasteiger partial charge in [0.1, 0.15) is 5.75 Å². The van der Waals surface area contributed by atoms with Crippen molar-refractivity contribution in [1.29, 1.82) is 0 Å². The molecule has 0 N–H and O–H groups in total. The molecule has 0 aliphatic rings. The molecule has 2 aromatic heterocycles. The van der Waals surface area contributed by atoms with Gasteiger partial charge in [-0.05, 0) is 61.9 Å². The van der Waals surface area contributed by atoms with Crippen LogP contribution in [0.3, 0.4) is 0 Å². The number of para-hydroxylation sites is 1. The van der Waals surface area contributed by atoms with Crippen molar-refractivity contribution < 1.29 is 19.1 Å². The lowest BCUT2D eigenvalue weighted by Crippen LogP contribution is -2.06. The van der Waals surface area contributed by atoms with Crippen LogP contribution in [0.1, 0.15) is 38.9 Å². The van der Waals surface area contributed by atoms with E-state index in [0.717, 1.165) is 16.5 Å². The number of aromatic nitrogens is 1. The van der Waals surface area contributed by atoms with Crippen molar-refractivity contribution in [2.45, 2.75) is 13.8 Å². The molecule has 0 atom stereocenters. The molecule has 0 radical (unpaired) electrons. The van der Waals surface area contributed by atoms with Crippen LogP contribution < -0.4 is 4.74 Å². The van der Waals surface area contributed by atoms with Crippen LogP contribution in [-0.4, -0.2) is 29.9 Å². The minimum Gasteiger partial charge on any atom is -0.497 e. The molecule has 4 aromatic rings. The molecule has 4 rings (SSSR count). The smallest absolute Gasteiger partial charge is 0.340 e. The Morgan fingerprint density at radius 1 is 0.966 bits per heavy atom. The van der Waals surface area contributed by atoms with Crippen LogP contribution >= 0.6 is 0 Å². The van der Waals surface area contributed by atoms with E-state index in [1.54, 1.807) is 44.4 Å². The van der Waals surface area contributed by atoms with Crippen LogP contribution in [0.25, 0.3) is 16.4 Å². The lowest BCUT2D eigenvalue weighted by molar-refractivity contribution is 0.0529. The van der Waals surface area contributed by atoms with E-state index < -0.39 is 5.97 Å². The molecule has 0 saturated heterocycles. The fraction of sp³-hybridized carbons (Fsp3) is 0.167. The van der Waals surface area contributed by atoms with Crippen molar-refractivity contribution in [1.82, 2.24) is 4.40 Å². The van der Waals surface area contributed by atoms with E-state index in [9.17, 15) is 9.59 Å². The van der Waals surface area contributed by atoms with Crippen molar-refractivity contribution >= 4 is 28.2 Å². The Labute approximate surface area is 168 Å². The number of carbonyl (C=O) groups excluding carboxylic acids is 2. The maximum atomic E-state index is 13.4. The molecule has 0 unspecified atom stereocenters. The van der Waals surface area contributed by atoms with Gasteiger partial charge in [-0.3, -0.25) is 4.79 Å². The molecule has 0 bridgehead atoms. The number of aryl methyl sites for hydroxylation is 1. The third kappa shape index (κ3) is 3.14. The highest BCUT2D eigenvalue weighted by molar-refractivity contribution is 6.12. The second-order valence-electron chi connectivity index (χ2n) is 6.79. The van der Waals surface area contributed by atoms with Crippen LogP contribution in [0.4, 0.5) is 0 Å². The van der Waals surface area contributed by atoms with Gasteiger partial charge < -0.3 is 13.9 Å². The van der Waals surface area contributed by atoms with Crippen molar-refractivity contribution in [2.75, 3.05) is 13.7 Å². The van der Waals surface area contributed by atoms with Gasteiger partial charge in [-0.1, -0.05) is 18.2 Å². The molecule has 0 aliphatic carbocycles. The van der Waals surface area contributed by atoms with E-state index in [4.69, 9.17) is 9.47 Å². The minimum absolute atomic E-state index is 0.174. The van der Waals surface area contributed by atoms with E-state index in [0.29, 0.717) is 28.1 Å². The first-order valence-electron chi connectivity index (χ1n) is 9.44. The first-order chi connectivity index (χ1) is 14.0. The highest BCUT2D eigenvalue weighted by atomic mass is 16.5. The SMILES string of the molecule is CCOC(=O)c1cc(C(=O)c2ccc(OC)cc2)n2c1cc(C)c1ccccc12. The Balaban J connectivity index is 2.00. The van der Waals surface area contributed by atoms with Gasteiger partial charge in [0.15, 0.2) is 0 Å². The quantitative estimate of drug-likeness (QED) is 0.364. The molecule has 5 nitrogen and oxygen atoms in total. The zero-order valence-corrected chi connectivity index (χ0v) is 16.6. The van der Waals surface area contributed by atoms with Crippen molar-refractivity contribution in [3.8, 4) is 5.75 Å². The van der Waals surface area contributed by atoms with Crippen LogP contribution in [0.2, 0.25) is 0 Å². The summed E-state index contributed by atoms with van der Waals surface area (Å²) >= 11 is 0. The van der Waals surface area contributed by atoms with Gasteiger partial charge in [-0.2, -0.15) is 0 Å². The summed E-state index contributed by atoms with van der Waals surface area (Å²) in [5.74, 6) is 0.0653. The van der Waals surface area contributed by atoms with Crippen LogP contribution in [0.5, 0.6) is 5.75 Å². The number of ether oxygens (including phenoxy) is 2. The average Bonchev–Trinajstić information content (AvgIpc) is 3.13. The molecule has 0 fully saturated rings. The fourth-order valence-corrected chi connectivity index (χ4v) is 3.64. The maximum absolute atomic E-state index is 13.4. The molecular formula is C24H21NO4. The standard InChI is InChI=1S/C24H21NO4/c1-4-29-24(27)19-14-22(23(26)16-9-11-17(28-3)12-10-16)25-20-8-6-5-7-18(20)15(2)13-21(19)25/h5-14H,4H2,1-3H3. The molecule has 2 heterocycles. The summed E-state index contributed by atoms with van der Waals surface area (Å²) in [6.45, 7) is 4.03. The Bertz CT molecular complexity index is 1240. The van der Waals surface area contributed by atoms with Gasteiger partial charge in [-0.15, -0.1) is 0 Å². The molecule has 29 heavy (non-hydrogen) atoms. The normalized spacial score (nSPS) is 11.0. The molecular weight excluding hydrogens is 366 g/mol. The Kier molecular flexibility index (Phi) is 4.80. The maximum Gasteiger partial charge on any atom is 0.340 e. The number of hydrogen-bond acceptors (Lipinski definition) is 4. The van der Waals surface area contributed by atoms with Gasteiger partial charge in [0, 0.05) is 10.9 Å².